The van der Waals surface area contributed by atoms with Gasteiger partial charge in [0.05, 0.1) is 18.4 Å². The number of anilines is 1. The third-order valence-electron chi connectivity index (χ3n) is 3.46. The van der Waals surface area contributed by atoms with E-state index in [2.05, 4.69) is 9.72 Å². The summed E-state index contributed by atoms with van der Waals surface area (Å²) in [4.78, 5) is 26.3. The summed E-state index contributed by atoms with van der Waals surface area (Å²) < 4.78 is 31.0. The molecule has 0 spiro atoms. The van der Waals surface area contributed by atoms with Crippen LogP contribution in [-0.2, 0) is 19.6 Å². The number of aromatic nitrogens is 1. The summed E-state index contributed by atoms with van der Waals surface area (Å²) in [6.07, 6.45) is 2.04. The number of para-hydroxylation sites is 1. The molecule has 1 aromatic heterocycles. The number of hydrogen-bond donors (Lipinski definition) is 2. The van der Waals surface area contributed by atoms with Crippen LogP contribution in [0.1, 0.15) is 17.3 Å². The first-order valence-corrected chi connectivity index (χ1v) is 8.66. The Balaban J connectivity index is 2.68. The van der Waals surface area contributed by atoms with Crippen LogP contribution in [0.5, 0.6) is 0 Å². The van der Waals surface area contributed by atoms with Gasteiger partial charge in [0.25, 0.3) is 10.0 Å². The summed E-state index contributed by atoms with van der Waals surface area (Å²) >= 11 is 0. The molecular weight excluding hydrogens is 364 g/mol. The lowest BCUT2D eigenvalue weighted by Crippen LogP contribution is -2.55. The number of carboxylic acid groups (broad SMARTS) is 1. The van der Waals surface area contributed by atoms with Gasteiger partial charge in [0.2, 0.25) is 5.72 Å². The smallest absolute Gasteiger partial charge is 0.358 e. The lowest BCUT2D eigenvalue weighted by atomic mass is 10.2. The molecular formula is C16H16N2O7S. The van der Waals surface area contributed by atoms with Crippen molar-refractivity contribution in [2.45, 2.75) is 17.5 Å². The number of rotatable bonds is 6. The number of carbonyl (C=O) groups is 2. The number of esters is 1. The highest BCUT2D eigenvalue weighted by atomic mass is 32.2. The highest BCUT2D eigenvalue weighted by Crippen LogP contribution is 2.30. The van der Waals surface area contributed by atoms with E-state index in [0.717, 1.165) is 32.5 Å². The Hall–Kier alpha value is -2.98. The molecule has 138 valence electrons. The first kappa shape index (κ1) is 19.3. The summed E-state index contributed by atoms with van der Waals surface area (Å²) in [6.45, 7) is 0.831. The van der Waals surface area contributed by atoms with Gasteiger partial charge in [-0.3, -0.25) is 4.98 Å². The Kier molecular flexibility index (Phi) is 5.28. The predicted molar refractivity (Wildman–Crippen MR) is 89.9 cm³/mol. The molecule has 1 aromatic carbocycles. The van der Waals surface area contributed by atoms with Crippen LogP contribution in [-0.4, -0.2) is 48.4 Å². The van der Waals surface area contributed by atoms with Crippen molar-refractivity contribution >= 4 is 27.6 Å². The van der Waals surface area contributed by atoms with Gasteiger partial charge >= 0.3 is 11.9 Å². The number of aliphatic carboxylic acids is 1. The second-order valence-electron chi connectivity index (χ2n) is 5.33. The Labute approximate surface area is 149 Å². The number of ether oxygens (including phenoxy) is 1. The van der Waals surface area contributed by atoms with E-state index < -0.39 is 32.6 Å². The van der Waals surface area contributed by atoms with Gasteiger partial charge in [-0.1, -0.05) is 18.2 Å². The fourth-order valence-corrected chi connectivity index (χ4v) is 3.80. The van der Waals surface area contributed by atoms with E-state index in [1.807, 2.05) is 0 Å². The van der Waals surface area contributed by atoms with Crippen LogP contribution in [0, 0.1) is 0 Å². The van der Waals surface area contributed by atoms with Crippen molar-refractivity contribution in [1.82, 2.24) is 4.98 Å². The monoisotopic (exact) mass is 380 g/mol. The molecule has 26 heavy (non-hydrogen) atoms. The molecule has 9 nitrogen and oxygen atoms in total. The van der Waals surface area contributed by atoms with Crippen LogP contribution < -0.4 is 4.31 Å². The molecule has 0 saturated carbocycles. The van der Waals surface area contributed by atoms with Gasteiger partial charge < -0.3 is 14.9 Å². The topological polar surface area (TPSA) is 134 Å². The molecule has 0 saturated heterocycles. The molecule has 0 aliphatic heterocycles. The normalized spacial score (nSPS) is 13.5. The van der Waals surface area contributed by atoms with Crippen LogP contribution in [0.3, 0.4) is 0 Å². The summed E-state index contributed by atoms with van der Waals surface area (Å²) in [5.41, 5.74) is -3.01. The lowest BCUT2D eigenvalue weighted by molar-refractivity contribution is -0.155. The number of benzene rings is 1. The molecule has 1 heterocycles. The highest BCUT2D eigenvalue weighted by Gasteiger charge is 2.45. The van der Waals surface area contributed by atoms with Gasteiger partial charge in [-0.2, -0.15) is 0 Å². The number of sulfonamides is 1. The first-order chi connectivity index (χ1) is 12.1. The van der Waals surface area contributed by atoms with Crippen molar-refractivity contribution in [3.8, 4) is 0 Å². The third-order valence-corrected chi connectivity index (χ3v) is 5.33. The van der Waals surface area contributed by atoms with Crippen molar-refractivity contribution in [1.29, 1.82) is 0 Å². The average molecular weight is 380 g/mol. The highest BCUT2D eigenvalue weighted by molar-refractivity contribution is 7.93. The van der Waals surface area contributed by atoms with Crippen LogP contribution >= 0.6 is 0 Å². The lowest BCUT2D eigenvalue weighted by Gasteiger charge is -2.34. The van der Waals surface area contributed by atoms with E-state index in [-0.39, 0.29) is 11.3 Å². The zero-order valence-corrected chi connectivity index (χ0v) is 14.7. The van der Waals surface area contributed by atoms with Crippen LogP contribution in [0.2, 0.25) is 0 Å². The Morgan fingerprint density at radius 1 is 1.19 bits per heavy atom. The quantitative estimate of drug-likeness (QED) is 0.556. The van der Waals surface area contributed by atoms with Gasteiger partial charge in [-0.25, -0.2) is 22.3 Å². The molecule has 2 rings (SSSR count). The predicted octanol–water partition coefficient (Wildman–Crippen LogP) is 0.857. The van der Waals surface area contributed by atoms with Crippen molar-refractivity contribution in [2.75, 3.05) is 11.4 Å². The molecule has 0 radical (unpaired) electrons. The van der Waals surface area contributed by atoms with Gasteiger partial charge in [-0.15, -0.1) is 0 Å². The van der Waals surface area contributed by atoms with Crippen molar-refractivity contribution in [3.63, 3.8) is 0 Å². The van der Waals surface area contributed by atoms with Crippen molar-refractivity contribution < 1.29 is 33.0 Å². The fraction of sp³-hybridized carbons (Fsp3) is 0.188. The van der Waals surface area contributed by atoms with Crippen molar-refractivity contribution in [2.24, 2.45) is 0 Å². The largest absolute Gasteiger partial charge is 0.478 e. The average Bonchev–Trinajstić information content (AvgIpc) is 2.61. The van der Waals surface area contributed by atoms with Crippen LogP contribution in [0.15, 0.2) is 53.7 Å². The van der Waals surface area contributed by atoms with E-state index in [4.69, 9.17) is 0 Å². The maximum Gasteiger partial charge on any atom is 0.358 e. The minimum atomic E-state index is -4.59. The minimum absolute atomic E-state index is 0.0802. The Bertz CT molecular complexity index is 927. The second-order valence-corrected chi connectivity index (χ2v) is 7.12. The number of carbonyl (C=O) groups excluding carboxylic acids is 1. The zero-order valence-electron chi connectivity index (χ0n) is 13.9. The molecule has 0 bridgehead atoms. The molecule has 2 aromatic rings. The summed E-state index contributed by atoms with van der Waals surface area (Å²) in [7, 11) is -3.47. The fourth-order valence-electron chi connectivity index (χ4n) is 2.17. The number of nitrogens with zero attached hydrogens (tertiary/aromatic N) is 2. The van der Waals surface area contributed by atoms with Gasteiger partial charge in [-0.05, 0) is 25.1 Å². The van der Waals surface area contributed by atoms with Crippen LogP contribution in [0.4, 0.5) is 5.69 Å². The van der Waals surface area contributed by atoms with E-state index in [1.165, 1.54) is 24.3 Å². The van der Waals surface area contributed by atoms with E-state index in [9.17, 15) is 28.2 Å². The zero-order chi connectivity index (χ0) is 19.5. The summed E-state index contributed by atoms with van der Waals surface area (Å²) in [6, 6.07) is 8.21. The number of carboxylic acids is 1. The van der Waals surface area contributed by atoms with Crippen LogP contribution in [0.25, 0.3) is 0 Å². The maximum absolute atomic E-state index is 13.1. The summed E-state index contributed by atoms with van der Waals surface area (Å²) in [5, 5.41) is 19.7. The van der Waals surface area contributed by atoms with E-state index in [0.29, 0.717) is 4.31 Å². The molecule has 0 aliphatic rings. The van der Waals surface area contributed by atoms with Gasteiger partial charge in [0.15, 0.2) is 0 Å². The number of aliphatic hydroxyl groups is 1. The molecule has 2 N–H and O–H groups in total. The molecule has 1 atom stereocenters. The first-order valence-electron chi connectivity index (χ1n) is 7.22. The number of hydrogen-bond acceptors (Lipinski definition) is 7. The Morgan fingerprint density at radius 2 is 1.81 bits per heavy atom. The number of pyridine rings is 1. The third kappa shape index (κ3) is 3.51. The SMILES string of the molecule is COC(=O)c1cncc(S(=O)(=O)N(c2ccccc2)[C@](C)(O)C(=O)O)c1. The summed E-state index contributed by atoms with van der Waals surface area (Å²) in [5.74, 6) is -2.59. The van der Waals surface area contributed by atoms with E-state index >= 15 is 0 Å². The van der Waals surface area contributed by atoms with Gasteiger partial charge in [0.1, 0.15) is 4.90 Å². The standard InChI is InChI=1S/C16H16N2O7S/c1-16(22,15(20)21)18(12-6-4-3-5-7-12)26(23,24)13-8-11(9-17-10-13)14(19)25-2/h3-10,22H,1-2H3,(H,20,21)/t16-/m1/s1. The Morgan fingerprint density at radius 3 is 2.35 bits per heavy atom. The van der Waals surface area contributed by atoms with E-state index in [1.54, 1.807) is 6.07 Å². The maximum atomic E-state index is 13.1. The van der Waals surface area contributed by atoms with Gasteiger partial charge in [0, 0.05) is 12.4 Å². The molecule has 0 amide bonds. The number of methoxy groups -OCH3 is 1. The molecule has 10 heteroatoms. The molecule has 0 unspecified atom stereocenters. The molecule has 0 fully saturated rings. The molecule has 0 aliphatic carbocycles. The van der Waals surface area contributed by atoms with Crippen molar-refractivity contribution in [3.05, 3.63) is 54.4 Å². The minimum Gasteiger partial charge on any atom is -0.478 e. The second kappa shape index (κ2) is 7.10.